The van der Waals surface area contributed by atoms with Crippen LogP contribution in [0.2, 0.25) is 0 Å². The highest BCUT2D eigenvalue weighted by Crippen LogP contribution is 2.27. The Bertz CT molecular complexity index is 1040. The number of hydrogen-bond donors (Lipinski definition) is 3. The Morgan fingerprint density at radius 1 is 1.10 bits per heavy atom. The van der Waals surface area contributed by atoms with Gasteiger partial charge in [-0.2, -0.15) is 0 Å². The number of carbonyl (C=O) groups is 2. The molecule has 2 amide bonds. The number of nitrogens with zero attached hydrogens (tertiary/aromatic N) is 1. The van der Waals surface area contributed by atoms with Gasteiger partial charge in [0.05, 0.1) is 9.82 Å². The number of nitrogens with one attached hydrogen (secondary N) is 3. The summed E-state index contributed by atoms with van der Waals surface area (Å²) in [6, 6.07) is 11.2. The molecule has 0 aliphatic rings. The Labute approximate surface area is 173 Å². The van der Waals surface area contributed by atoms with Gasteiger partial charge < -0.3 is 16.0 Å². The van der Waals surface area contributed by atoms with E-state index >= 15 is 0 Å². The highest BCUT2D eigenvalue weighted by atomic mass is 32.2. The molecule has 0 saturated carbocycles. The molecule has 0 aromatic heterocycles. The van der Waals surface area contributed by atoms with E-state index in [4.69, 9.17) is 0 Å². The van der Waals surface area contributed by atoms with Crippen LogP contribution in [-0.2, 0) is 14.6 Å². The Hall–Kier alpha value is -3.47. The first kappa shape index (κ1) is 22.8. The van der Waals surface area contributed by atoms with E-state index in [1.165, 1.54) is 12.1 Å². The van der Waals surface area contributed by atoms with E-state index in [9.17, 15) is 28.1 Å². The van der Waals surface area contributed by atoms with Gasteiger partial charge in [-0.25, -0.2) is 8.42 Å². The third-order valence-corrected chi connectivity index (χ3v) is 5.22. The molecule has 0 aliphatic carbocycles. The number of nitro groups is 1. The molecule has 30 heavy (non-hydrogen) atoms. The van der Waals surface area contributed by atoms with Gasteiger partial charge in [0.1, 0.15) is 11.7 Å². The van der Waals surface area contributed by atoms with E-state index in [1.54, 1.807) is 37.3 Å². The van der Waals surface area contributed by atoms with E-state index < -0.39 is 26.7 Å². The minimum atomic E-state index is -3.58. The molecule has 160 valence electrons. The topological polar surface area (TPSA) is 148 Å². The van der Waals surface area contributed by atoms with Crippen molar-refractivity contribution in [3.63, 3.8) is 0 Å². The third-order valence-electron chi connectivity index (χ3n) is 4.11. The summed E-state index contributed by atoms with van der Waals surface area (Å²) in [5.41, 5.74) is 0.184. The highest BCUT2D eigenvalue weighted by molar-refractivity contribution is 7.90. The first-order valence-corrected chi connectivity index (χ1v) is 10.8. The molecule has 0 saturated heterocycles. The fourth-order valence-corrected chi connectivity index (χ4v) is 3.15. The fraction of sp³-hybridized carbons (Fsp3) is 0.263. The standard InChI is InChI=1S/C19H22N4O6S/c1-13(22-19(25)14-6-4-3-5-7-14)18(24)21-11-10-20-16-9-8-15(30(2,28)29)12-17(16)23(26)27/h3-9,12-13,20H,10-11H2,1-2H3,(H,21,24)(H,22,25)/t13-/m0/s1. The van der Waals surface area contributed by atoms with Crippen LogP contribution >= 0.6 is 0 Å². The zero-order chi connectivity index (χ0) is 22.3. The summed E-state index contributed by atoms with van der Waals surface area (Å²) in [4.78, 5) is 34.6. The van der Waals surface area contributed by atoms with Gasteiger partial charge in [0, 0.05) is 31.0 Å². The van der Waals surface area contributed by atoms with E-state index in [0.717, 1.165) is 12.3 Å². The zero-order valence-electron chi connectivity index (χ0n) is 16.4. The molecule has 0 unspecified atom stereocenters. The van der Waals surface area contributed by atoms with Crippen LogP contribution in [0.4, 0.5) is 11.4 Å². The Morgan fingerprint density at radius 3 is 2.37 bits per heavy atom. The predicted octanol–water partition coefficient (Wildman–Crippen LogP) is 1.34. The van der Waals surface area contributed by atoms with Crippen LogP contribution in [0, 0.1) is 10.1 Å². The average molecular weight is 434 g/mol. The molecule has 11 heteroatoms. The molecule has 0 bridgehead atoms. The monoisotopic (exact) mass is 434 g/mol. The maximum absolute atomic E-state index is 12.1. The van der Waals surface area contributed by atoms with Crippen molar-refractivity contribution in [1.29, 1.82) is 0 Å². The normalized spacial score (nSPS) is 11.9. The van der Waals surface area contributed by atoms with Crippen LogP contribution in [0.3, 0.4) is 0 Å². The van der Waals surface area contributed by atoms with Crippen LogP contribution in [0.15, 0.2) is 53.4 Å². The average Bonchev–Trinajstić information content (AvgIpc) is 2.70. The van der Waals surface area contributed by atoms with Gasteiger partial charge in [-0.15, -0.1) is 0 Å². The molecule has 0 heterocycles. The summed E-state index contributed by atoms with van der Waals surface area (Å²) >= 11 is 0. The van der Waals surface area contributed by atoms with E-state index in [1.807, 2.05) is 0 Å². The van der Waals surface area contributed by atoms with Crippen molar-refractivity contribution in [1.82, 2.24) is 10.6 Å². The third kappa shape index (κ3) is 6.27. The molecule has 2 aromatic rings. The number of carbonyl (C=O) groups excluding carboxylic acids is 2. The van der Waals surface area contributed by atoms with Gasteiger partial charge in [0.2, 0.25) is 5.91 Å². The minimum absolute atomic E-state index is 0.132. The molecule has 0 fully saturated rings. The summed E-state index contributed by atoms with van der Waals surface area (Å²) in [7, 11) is -3.58. The molecular weight excluding hydrogens is 412 g/mol. The van der Waals surface area contributed by atoms with E-state index in [2.05, 4.69) is 16.0 Å². The van der Waals surface area contributed by atoms with Gasteiger partial charge in [-0.3, -0.25) is 19.7 Å². The summed E-state index contributed by atoms with van der Waals surface area (Å²) in [6.07, 6.45) is 0.965. The maximum Gasteiger partial charge on any atom is 0.293 e. The van der Waals surface area contributed by atoms with Crippen molar-refractivity contribution >= 4 is 33.0 Å². The second kappa shape index (κ2) is 9.83. The Morgan fingerprint density at radius 2 is 1.77 bits per heavy atom. The smallest absolute Gasteiger partial charge is 0.293 e. The molecule has 10 nitrogen and oxygen atoms in total. The summed E-state index contributed by atoms with van der Waals surface area (Å²) in [6.45, 7) is 1.83. The Kier molecular flexibility index (Phi) is 7.48. The first-order chi connectivity index (χ1) is 14.1. The van der Waals surface area contributed by atoms with Crippen molar-refractivity contribution < 1.29 is 22.9 Å². The number of nitro benzene ring substituents is 1. The predicted molar refractivity (Wildman–Crippen MR) is 111 cm³/mol. The van der Waals surface area contributed by atoms with Crippen molar-refractivity contribution in [3.05, 3.63) is 64.2 Å². The summed E-state index contributed by atoms with van der Waals surface area (Å²) < 4.78 is 23.1. The van der Waals surface area contributed by atoms with Crippen molar-refractivity contribution in [2.24, 2.45) is 0 Å². The molecule has 0 spiro atoms. The van der Waals surface area contributed by atoms with Crippen molar-refractivity contribution in [2.75, 3.05) is 24.7 Å². The molecule has 1 atom stereocenters. The zero-order valence-corrected chi connectivity index (χ0v) is 17.2. The van der Waals surface area contributed by atoms with Crippen LogP contribution in [0.1, 0.15) is 17.3 Å². The van der Waals surface area contributed by atoms with Gasteiger partial charge >= 0.3 is 0 Å². The van der Waals surface area contributed by atoms with Gasteiger partial charge in [-0.05, 0) is 31.2 Å². The largest absolute Gasteiger partial charge is 0.378 e. The first-order valence-electron chi connectivity index (χ1n) is 8.95. The quantitative estimate of drug-likeness (QED) is 0.306. The minimum Gasteiger partial charge on any atom is -0.378 e. The summed E-state index contributed by atoms with van der Waals surface area (Å²) in [5.74, 6) is -0.791. The molecular formula is C19H22N4O6S. The Balaban J connectivity index is 1.87. The highest BCUT2D eigenvalue weighted by Gasteiger charge is 2.19. The molecule has 0 aliphatic heterocycles. The molecule has 2 rings (SSSR count). The van der Waals surface area contributed by atoms with Crippen molar-refractivity contribution in [2.45, 2.75) is 17.9 Å². The van der Waals surface area contributed by atoms with E-state index in [0.29, 0.717) is 5.56 Å². The van der Waals surface area contributed by atoms with Crippen LogP contribution in [0.25, 0.3) is 0 Å². The number of sulfone groups is 1. The van der Waals surface area contributed by atoms with Crippen LogP contribution < -0.4 is 16.0 Å². The summed E-state index contributed by atoms with van der Waals surface area (Å²) in [5, 5.41) is 19.2. The number of anilines is 1. The lowest BCUT2D eigenvalue weighted by Crippen LogP contribution is -2.45. The second-order valence-corrected chi connectivity index (χ2v) is 8.50. The lowest BCUT2D eigenvalue weighted by Gasteiger charge is -2.15. The molecule has 2 aromatic carbocycles. The number of benzene rings is 2. The number of amides is 2. The fourth-order valence-electron chi connectivity index (χ4n) is 2.51. The lowest BCUT2D eigenvalue weighted by molar-refractivity contribution is -0.384. The SMILES string of the molecule is C[C@H](NC(=O)c1ccccc1)C(=O)NCCNc1ccc(S(C)(=O)=O)cc1[N+](=O)[O-]. The molecule has 3 N–H and O–H groups in total. The van der Waals surface area contributed by atoms with E-state index in [-0.39, 0.29) is 35.3 Å². The lowest BCUT2D eigenvalue weighted by atomic mass is 10.2. The second-order valence-electron chi connectivity index (χ2n) is 6.49. The number of hydrogen-bond acceptors (Lipinski definition) is 7. The van der Waals surface area contributed by atoms with Gasteiger partial charge in [0.25, 0.3) is 11.6 Å². The van der Waals surface area contributed by atoms with Crippen molar-refractivity contribution in [3.8, 4) is 0 Å². The van der Waals surface area contributed by atoms with Crippen LogP contribution in [-0.4, -0.2) is 50.5 Å². The van der Waals surface area contributed by atoms with Gasteiger partial charge in [-0.1, -0.05) is 18.2 Å². The van der Waals surface area contributed by atoms with Crippen LogP contribution in [0.5, 0.6) is 0 Å². The molecule has 0 radical (unpaired) electrons. The van der Waals surface area contributed by atoms with Gasteiger partial charge in [0.15, 0.2) is 9.84 Å². The number of rotatable bonds is 9. The maximum atomic E-state index is 12.1.